The van der Waals surface area contributed by atoms with E-state index in [1.807, 2.05) is 23.1 Å². The third-order valence-corrected chi connectivity index (χ3v) is 6.84. The first kappa shape index (κ1) is 23.4. The number of piperazine rings is 1. The molecule has 2 aliphatic heterocycles. The molecule has 1 atom stereocenters. The third-order valence-electron chi connectivity index (χ3n) is 6.84. The zero-order valence-corrected chi connectivity index (χ0v) is 20.3. The number of aromatic amines is 1. The van der Waals surface area contributed by atoms with E-state index < -0.39 is 6.04 Å². The van der Waals surface area contributed by atoms with E-state index in [4.69, 9.17) is 14.2 Å². The second-order valence-electron chi connectivity index (χ2n) is 8.98. The lowest BCUT2D eigenvalue weighted by molar-refractivity contribution is 0.171. The Balaban J connectivity index is 1.38. The van der Waals surface area contributed by atoms with Gasteiger partial charge in [-0.25, -0.2) is 9.07 Å². The van der Waals surface area contributed by atoms with E-state index in [-0.39, 0.29) is 18.2 Å². The molecule has 0 bridgehead atoms. The van der Waals surface area contributed by atoms with Gasteiger partial charge in [-0.3, -0.25) is 9.69 Å². The summed E-state index contributed by atoms with van der Waals surface area (Å²) in [4.78, 5) is 20.6. The Morgan fingerprint density at radius 3 is 2.68 bits per heavy atom. The molecular weight excluding hydrogens is 481 g/mol. The van der Waals surface area contributed by atoms with Crippen molar-refractivity contribution in [2.24, 2.45) is 0 Å². The van der Waals surface area contributed by atoms with Gasteiger partial charge < -0.3 is 24.1 Å². The van der Waals surface area contributed by atoms with Crippen molar-refractivity contribution in [3.05, 3.63) is 70.0 Å². The number of pyridine rings is 1. The Bertz CT molecular complexity index is 1480. The Morgan fingerprint density at radius 2 is 1.89 bits per heavy atom. The molecule has 11 nitrogen and oxygen atoms in total. The summed E-state index contributed by atoms with van der Waals surface area (Å²) >= 11 is 0. The van der Waals surface area contributed by atoms with Crippen molar-refractivity contribution in [1.29, 1.82) is 0 Å². The number of hydrogen-bond acceptors (Lipinski definition) is 9. The molecule has 1 unspecified atom stereocenters. The number of H-pyrrole nitrogens is 1. The molecule has 37 heavy (non-hydrogen) atoms. The highest BCUT2D eigenvalue weighted by molar-refractivity contribution is 5.83. The largest absolute Gasteiger partial charge is 0.454 e. The van der Waals surface area contributed by atoms with Crippen molar-refractivity contribution in [2.75, 3.05) is 51.6 Å². The normalized spacial score (nSPS) is 16.4. The lowest BCUT2D eigenvalue weighted by Gasteiger charge is -2.39. The third kappa shape index (κ3) is 4.38. The van der Waals surface area contributed by atoms with Crippen LogP contribution in [0.15, 0.2) is 47.3 Å². The standard InChI is InChI=1S/C25H26FN7O4/c1-35-11-10-33-24(28-29-30-33)23(32-8-6-31(7-9-32)20-5-3-2-4-18(20)26)17-12-16-13-21-22(37-15-36-21)14-19(16)27-25(17)34/h2-5,12-14,23H,6-11,15H2,1H3,(H,27,34). The first-order chi connectivity index (χ1) is 18.1. The fraction of sp³-hybridized carbons (Fsp3) is 0.360. The zero-order valence-electron chi connectivity index (χ0n) is 20.3. The summed E-state index contributed by atoms with van der Waals surface area (Å²) in [6, 6.07) is 11.7. The second kappa shape index (κ2) is 9.79. The zero-order chi connectivity index (χ0) is 25.4. The quantitative estimate of drug-likeness (QED) is 0.401. The average Bonchev–Trinajstić information content (AvgIpc) is 3.57. The van der Waals surface area contributed by atoms with Gasteiger partial charge in [0, 0.05) is 50.3 Å². The number of benzene rings is 2. The SMILES string of the molecule is COCCn1nnnc1C(c1cc2cc3c(cc2[nH]c1=O)OCO3)N1CCN(c2ccccc2F)CC1. The number of anilines is 1. The van der Waals surface area contributed by atoms with Crippen molar-refractivity contribution < 1.29 is 18.6 Å². The molecule has 0 saturated carbocycles. The number of nitrogens with zero attached hydrogens (tertiary/aromatic N) is 6. The van der Waals surface area contributed by atoms with Gasteiger partial charge in [0.2, 0.25) is 6.79 Å². The molecule has 4 heterocycles. The summed E-state index contributed by atoms with van der Waals surface area (Å²) in [6.07, 6.45) is 0. The second-order valence-corrected chi connectivity index (χ2v) is 8.98. The Hall–Kier alpha value is -4.03. The van der Waals surface area contributed by atoms with Crippen LogP contribution in [-0.2, 0) is 11.3 Å². The van der Waals surface area contributed by atoms with Gasteiger partial charge in [-0.05, 0) is 34.7 Å². The van der Waals surface area contributed by atoms with Crippen molar-refractivity contribution in [3.8, 4) is 11.5 Å². The van der Waals surface area contributed by atoms with Crippen LogP contribution in [0.5, 0.6) is 11.5 Å². The summed E-state index contributed by atoms with van der Waals surface area (Å²) in [5, 5.41) is 13.2. The van der Waals surface area contributed by atoms with Gasteiger partial charge in [-0.2, -0.15) is 0 Å². The maximum Gasteiger partial charge on any atom is 0.253 e. The number of para-hydroxylation sites is 1. The van der Waals surface area contributed by atoms with E-state index in [0.29, 0.717) is 73.4 Å². The van der Waals surface area contributed by atoms with E-state index in [2.05, 4.69) is 25.4 Å². The molecule has 12 heteroatoms. The van der Waals surface area contributed by atoms with Crippen molar-refractivity contribution >= 4 is 16.6 Å². The molecule has 192 valence electrons. The molecule has 1 saturated heterocycles. The van der Waals surface area contributed by atoms with Gasteiger partial charge in [-0.15, -0.1) is 5.10 Å². The van der Waals surface area contributed by atoms with Crippen molar-refractivity contribution in [1.82, 2.24) is 30.1 Å². The molecule has 1 fully saturated rings. The minimum Gasteiger partial charge on any atom is -0.454 e. The number of tetrazole rings is 1. The summed E-state index contributed by atoms with van der Waals surface area (Å²) in [6.45, 7) is 3.33. The monoisotopic (exact) mass is 507 g/mol. The molecule has 0 radical (unpaired) electrons. The average molecular weight is 508 g/mol. The predicted molar refractivity (Wildman–Crippen MR) is 132 cm³/mol. The van der Waals surface area contributed by atoms with Crippen LogP contribution in [0.25, 0.3) is 10.9 Å². The maximum atomic E-state index is 14.4. The number of methoxy groups -OCH3 is 1. The molecule has 0 amide bonds. The van der Waals surface area contributed by atoms with Crippen LogP contribution in [0.1, 0.15) is 17.4 Å². The summed E-state index contributed by atoms with van der Waals surface area (Å²) in [5.41, 5.74) is 1.50. The van der Waals surface area contributed by atoms with Gasteiger partial charge in [0.15, 0.2) is 17.3 Å². The van der Waals surface area contributed by atoms with E-state index in [0.717, 1.165) is 5.39 Å². The molecule has 2 aliphatic rings. The number of nitrogens with one attached hydrogen (secondary N) is 1. The number of hydrogen-bond donors (Lipinski definition) is 1. The fourth-order valence-electron chi connectivity index (χ4n) is 4.99. The molecule has 0 spiro atoms. The molecule has 1 N–H and O–H groups in total. The maximum absolute atomic E-state index is 14.4. The smallest absolute Gasteiger partial charge is 0.253 e. The lowest BCUT2D eigenvalue weighted by Crippen LogP contribution is -2.49. The number of rotatable bonds is 7. The molecule has 2 aromatic carbocycles. The Morgan fingerprint density at radius 1 is 1.11 bits per heavy atom. The summed E-state index contributed by atoms with van der Waals surface area (Å²) in [5.74, 6) is 1.52. The van der Waals surface area contributed by atoms with Crippen molar-refractivity contribution in [3.63, 3.8) is 0 Å². The van der Waals surface area contributed by atoms with E-state index >= 15 is 0 Å². The number of ether oxygens (including phenoxy) is 3. The number of halogens is 1. The van der Waals surface area contributed by atoms with E-state index in [1.54, 1.807) is 30.0 Å². The highest BCUT2D eigenvalue weighted by atomic mass is 19.1. The van der Waals surface area contributed by atoms with Gasteiger partial charge in [0.25, 0.3) is 5.56 Å². The van der Waals surface area contributed by atoms with Crippen LogP contribution in [0.3, 0.4) is 0 Å². The first-order valence-corrected chi connectivity index (χ1v) is 12.1. The van der Waals surface area contributed by atoms with Crippen LogP contribution in [-0.4, -0.2) is 76.8 Å². The summed E-state index contributed by atoms with van der Waals surface area (Å²) in [7, 11) is 1.61. The van der Waals surface area contributed by atoms with Gasteiger partial charge in [0.1, 0.15) is 11.9 Å². The van der Waals surface area contributed by atoms with Crippen LogP contribution in [0.2, 0.25) is 0 Å². The van der Waals surface area contributed by atoms with E-state index in [9.17, 15) is 9.18 Å². The molecule has 4 aromatic rings. The molecule has 2 aromatic heterocycles. The van der Waals surface area contributed by atoms with Crippen LogP contribution >= 0.6 is 0 Å². The highest BCUT2D eigenvalue weighted by Crippen LogP contribution is 2.36. The van der Waals surface area contributed by atoms with Crippen LogP contribution < -0.4 is 19.9 Å². The van der Waals surface area contributed by atoms with Crippen molar-refractivity contribution in [2.45, 2.75) is 12.6 Å². The van der Waals surface area contributed by atoms with Gasteiger partial charge >= 0.3 is 0 Å². The van der Waals surface area contributed by atoms with Gasteiger partial charge in [-0.1, -0.05) is 12.1 Å². The minimum absolute atomic E-state index is 0.145. The van der Waals surface area contributed by atoms with Gasteiger partial charge in [0.05, 0.1) is 24.4 Å². The fourth-order valence-corrected chi connectivity index (χ4v) is 4.99. The number of fused-ring (bicyclic) bond motifs is 2. The number of aromatic nitrogens is 5. The Labute approximate surface area is 211 Å². The summed E-state index contributed by atoms with van der Waals surface area (Å²) < 4.78 is 32.3. The van der Waals surface area contributed by atoms with E-state index in [1.165, 1.54) is 6.07 Å². The minimum atomic E-state index is -0.520. The topological polar surface area (TPSA) is 111 Å². The highest BCUT2D eigenvalue weighted by Gasteiger charge is 2.33. The molecule has 6 rings (SSSR count). The van der Waals surface area contributed by atoms with Crippen LogP contribution in [0, 0.1) is 5.82 Å². The first-order valence-electron chi connectivity index (χ1n) is 12.1. The lowest BCUT2D eigenvalue weighted by atomic mass is 10.0. The molecular formula is C25H26FN7O4. The predicted octanol–water partition coefficient (Wildman–Crippen LogP) is 1.94. The Kier molecular flexibility index (Phi) is 6.18. The van der Waals surface area contributed by atoms with Crippen LogP contribution in [0.4, 0.5) is 10.1 Å². The molecule has 0 aliphatic carbocycles.